The van der Waals surface area contributed by atoms with Gasteiger partial charge < -0.3 is 14.5 Å². The Labute approximate surface area is 182 Å². The van der Waals surface area contributed by atoms with E-state index in [1.807, 2.05) is 0 Å². The van der Waals surface area contributed by atoms with E-state index < -0.39 is 11.8 Å². The normalized spacial score (nSPS) is 10.4. The summed E-state index contributed by atoms with van der Waals surface area (Å²) in [5.41, 5.74) is 5.30. The van der Waals surface area contributed by atoms with Gasteiger partial charge in [0.1, 0.15) is 0 Å². The maximum absolute atomic E-state index is 12.5. The maximum atomic E-state index is 12.5. The third-order valence-corrected chi connectivity index (χ3v) is 4.81. The number of hydrogen-bond donors (Lipinski definition) is 3. The van der Waals surface area contributed by atoms with Crippen LogP contribution in [0.5, 0.6) is 11.5 Å². The number of hydrogen-bond acceptors (Lipinski definition) is 6. The molecule has 10 heteroatoms. The van der Waals surface area contributed by atoms with Crippen molar-refractivity contribution in [3.63, 3.8) is 0 Å². The predicted molar refractivity (Wildman–Crippen MR) is 118 cm³/mol. The minimum Gasteiger partial charge on any atom is -0.493 e. The molecule has 0 unspecified atom stereocenters. The van der Waals surface area contributed by atoms with E-state index in [-0.39, 0.29) is 28.0 Å². The molecule has 3 aromatic rings. The summed E-state index contributed by atoms with van der Waals surface area (Å²) in [4.78, 5) is 40.3. The molecule has 0 radical (unpaired) electrons. The average molecular weight is 440 g/mol. The number of carbonyl (C=O) groups excluding carboxylic acids is 2. The fourth-order valence-electron chi connectivity index (χ4n) is 2.93. The molecule has 0 aliphatic carbocycles. The summed E-state index contributed by atoms with van der Waals surface area (Å²) in [6.45, 7) is 3.88. The number of carbonyl (C=O) groups is 2. The van der Waals surface area contributed by atoms with Crippen LogP contribution in [0, 0.1) is 4.77 Å². The van der Waals surface area contributed by atoms with Crippen LogP contribution in [-0.4, -0.2) is 35.6 Å². The van der Waals surface area contributed by atoms with Gasteiger partial charge in [0.05, 0.1) is 25.1 Å². The number of hydrazine groups is 1. The first-order chi connectivity index (χ1) is 14.9. The Bertz CT molecular complexity index is 1300. The van der Waals surface area contributed by atoms with Gasteiger partial charge in [0.15, 0.2) is 16.3 Å². The van der Waals surface area contributed by atoms with Gasteiger partial charge in [-0.25, -0.2) is 0 Å². The van der Waals surface area contributed by atoms with Gasteiger partial charge in [0, 0.05) is 17.7 Å². The van der Waals surface area contributed by atoms with Crippen molar-refractivity contribution in [1.29, 1.82) is 0 Å². The van der Waals surface area contributed by atoms with Crippen molar-refractivity contribution in [2.75, 3.05) is 14.2 Å². The van der Waals surface area contributed by atoms with E-state index >= 15 is 0 Å². The van der Waals surface area contributed by atoms with E-state index in [2.05, 4.69) is 22.4 Å². The molecule has 1 aromatic heterocycles. The smallest absolute Gasteiger partial charge is 0.269 e. The zero-order valence-corrected chi connectivity index (χ0v) is 17.7. The second-order valence-corrected chi connectivity index (χ2v) is 6.76. The number of fused-ring (bicyclic) bond motifs is 1. The standard InChI is InChI=1S/C21H20N4O5S/c1-4-9-25-20(28)14-7-5-12(10-15(14)22-21(25)31)18(26)23-24-19(27)13-6-8-16(29-2)17(11-13)30-3/h4-8,10-11H,1,9H2,2-3H3,(H,22,31)(H,23,26)(H,24,27). The largest absolute Gasteiger partial charge is 0.493 e. The zero-order chi connectivity index (χ0) is 22.5. The second kappa shape index (κ2) is 9.26. The lowest BCUT2D eigenvalue weighted by Crippen LogP contribution is -2.41. The molecule has 160 valence electrons. The number of nitrogens with zero attached hydrogens (tertiary/aromatic N) is 1. The van der Waals surface area contributed by atoms with Gasteiger partial charge in [-0.05, 0) is 48.6 Å². The molecular formula is C21H20N4O5S. The first-order valence-electron chi connectivity index (χ1n) is 9.10. The number of nitrogens with one attached hydrogen (secondary N) is 3. The Hall–Kier alpha value is -3.92. The highest BCUT2D eigenvalue weighted by molar-refractivity contribution is 7.71. The molecule has 9 nitrogen and oxygen atoms in total. The van der Waals surface area contributed by atoms with Crippen LogP contribution in [0.4, 0.5) is 0 Å². The zero-order valence-electron chi connectivity index (χ0n) is 16.9. The van der Waals surface area contributed by atoms with E-state index in [0.29, 0.717) is 22.4 Å². The van der Waals surface area contributed by atoms with Gasteiger partial charge in [0.25, 0.3) is 17.4 Å². The lowest BCUT2D eigenvalue weighted by atomic mass is 10.1. The van der Waals surface area contributed by atoms with Crippen molar-refractivity contribution in [2.45, 2.75) is 6.54 Å². The predicted octanol–water partition coefficient (Wildman–Crippen LogP) is 2.34. The topological polar surface area (TPSA) is 114 Å². The molecule has 3 N–H and O–H groups in total. The summed E-state index contributed by atoms with van der Waals surface area (Å²) in [5.74, 6) is -0.246. The van der Waals surface area contributed by atoms with Crippen molar-refractivity contribution in [1.82, 2.24) is 20.4 Å². The van der Waals surface area contributed by atoms with Crippen LogP contribution in [0.15, 0.2) is 53.8 Å². The van der Waals surface area contributed by atoms with Crippen LogP contribution in [0.2, 0.25) is 0 Å². The molecule has 1 heterocycles. The Balaban J connectivity index is 1.78. The Morgan fingerprint density at radius 2 is 1.68 bits per heavy atom. The van der Waals surface area contributed by atoms with Crippen LogP contribution in [0.1, 0.15) is 20.7 Å². The van der Waals surface area contributed by atoms with Gasteiger partial charge >= 0.3 is 0 Å². The SMILES string of the molecule is C=CCn1c(=S)[nH]c2cc(C(=O)NNC(=O)c3ccc(OC)c(OC)c3)ccc2c1=O. The summed E-state index contributed by atoms with van der Waals surface area (Å²) < 4.78 is 11.9. The van der Waals surface area contributed by atoms with Crippen LogP contribution in [0.25, 0.3) is 10.9 Å². The summed E-state index contributed by atoms with van der Waals surface area (Å²) in [6, 6.07) is 9.10. The van der Waals surface area contributed by atoms with E-state index in [9.17, 15) is 14.4 Å². The maximum Gasteiger partial charge on any atom is 0.269 e. The summed E-state index contributed by atoms with van der Waals surface area (Å²) in [5, 5.41) is 0.376. The minimum atomic E-state index is -0.565. The second-order valence-electron chi connectivity index (χ2n) is 6.37. The number of aromatic amines is 1. The first kappa shape index (κ1) is 21.8. The molecule has 31 heavy (non-hydrogen) atoms. The fourth-order valence-corrected chi connectivity index (χ4v) is 3.19. The monoisotopic (exact) mass is 440 g/mol. The van der Waals surface area contributed by atoms with Crippen LogP contribution in [0.3, 0.4) is 0 Å². The third kappa shape index (κ3) is 4.48. The van der Waals surface area contributed by atoms with Gasteiger partial charge in [-0.15, -0.1) is 6.58 Å². The molecule has 0 aliphatic heterocycles. The molecule has 0 aliphatic rings. The van der Waals surface area contributed by atoms with Crippen LogP contribution in [-0.2, 0) is 6.54 Å². The molecule has 3 rings (SSSR count). The van der Waals surface area contributed by atoms with Gasteiger partial charge in [-0.3, -0.25) is 29.8 Å². The van der Waals surface area contributed by atoms with Crippen molar-refractivity contribution < 1.29 is 19.1 Å². The molecule has 0 atom stereocenters. The molecule has 0 spiro atoms. The number of benzene rings is 2. The summed E-state index contributed by atoms with van der Waals surface area (Å²) in [6.07, 6.45) is 1.57. The van der Waals surface area contributed by atoms with Crippen molar-refractivity contribution in [2.24, 2.45) is 0 Å². The number of allylic oxidation sites excluding steroid dienone is 1. The minimum absolute atomic E-state index is 0.219. The highest BCUT2D eigenvalue weighted by Crippen LogP contribution is 2.27. The lowest BCUT2D eigenvalue weighted by molar-refractivity contribution is 0.0846. The van der Waals surface area contributed by atoms with Gasteiger partial charge in [0.2, 0.25) is 0 Å². The Morgan fingerprint density at radius 3 is 2.29 bits per heavy atom. The number of methoxy groups -OCH3 is 2. The Morgan fingerprint density at radius 1 is 1.06 bits per heavy atom. The fraction of sp³-hybridized carbons (Fsp3) is 0.143. The number of ether oxygens (including phenoxy) is 2. The lowest BCUT2D eigenvalue weighted by Gasteiger charge is -2.11. The van der Waals surface area contributed by atoms with E-state index in [0.717, 1.165) is 0 Å². The number of amides is 2. The number of H-pyrrole nitrogens is 1. The molecule has 0 fully saturated rings. The van der Waals surface area contributed by atoms with Crippen molar-refractivity contribution >= 4 is 34.9 Å². The summed E-state index contributed by atoms with van der Waals surface area (Å²) >= 11 is 5.20. The third-order valence-electron chi connectivity index (χ3n) is 4.49. The van der Waals surface area contributed by atoms with Crippen molar-refractivity contribution in [3.8, 4) is 11.5 Å². The number of aromatic nitrogens is 2. The Kier molecular flexibility index (Phi) is 6.51. The van der Waals surface area contributed by atoms with E-state index in [4.69, 9.17) is 21.7 Å². The van der Waals surface area contributed by atoms with Crippen molar-refractivity contribution in [3.05, 3.63) is 75.3 Å². The van der Waals surface area contributed by atoms with E-state index in [1.165, 1.54) is 49.1 Å². The molecule has 0 saturated heterocycles. The van der Waals surface area contributed by atoms with Gasteiger partial charge in [-0.2, -0.15) is 0 Å². The molecular weight excluding hydrogens is 420 g/mol. The molecule has 0 bridgehead atoms. The average Bonchev–Trinajstić information content (AvgIpc) is 2.78. The highest BCUT2D eigenvalue weighted by Gasteiger charge is 2.14. The van der Waals surface area contributed by atoms with Gasteiger partial charge in [-0.1, -0.05) is 6.08 Å². The molecule has 2 aromatic carbocycles. The number of rotatable bonds is 6. The highest BCUT2D eigenvalue weighted by atomic mass is 32.1. The summed E-state index contributed by atoms with van der Waals surface area (Å²) in [7, 11) is 2.95. The van der Waals surface area contributed by atoms with Crippen LogP contribution < -0.4 is 25.9 Å². The quantitative estimate of drug-likeness (QED) is 0.308. The molecule has 2 amide bonds. The molecule has 0 saturated carbocycles. The van der Waals surface area contributed by atoms with Crippen LogP contribution >= 0.6 is 12.2 Å². The van der Waals surface area contributed by atoms with E-state index in [1.54, 1.807) is 12.1 Å². The first-order valence-corrected chi connectivity index (χ1v) is 9.51.